The van der Waals surface area contributed by atoms with Gasteiger partial charge in [0.15, 0.2) is 5.75 Å². The zero-order chi connectivity index (χ0) is 28.5. The first-order valence-electron chi connectivity index (χ1n) is 16.6. The smallest absolute Gasteiger partial charge is 0.223 e. The number of hydrogen-bond donors (Lipinski definition) is 2. The van der Waals surface area contributed by atoms with Gasteiger partial charge in [-0.3, -0.25) is 4.79 Å². The molecule has 40 heavy (non-hydrogen) atoms. The van der Waals surface area contributed by atoms with Gasteiger partial charge in [0.1, 0.15) is 0 Å². The lowest BCUT2D eigenvalue weighted by Gasteiger charge is -2.16. The predicted molar refractivity (Wildman–Crippen MR) is 171 cm³/mol. The third-order valence-electron chi connectivity index (χ3n) is 7.75. The van der Waals surface area contributed by atoms with Crippen LogP contribution in [0.15, 0.2) is 47.4 Å². The number of nitrogens with zero attached hydrogens (tertiary/aromatic N) is 1. The van der Waals surface area contributed by atoms with Crippen LogP contribution in [-0.2, 0) is 13.1 Å². The first-order valence-corrected chi connectivity index (χ1v) is 16.6. The number of nitrogens with two attached hydrogens (primary N) is 1. The normalized spacial score (nSPS) is 11.2. The van der Waals surface area contributed by atoms with Gasteiger partial charge in [0, 0.05) is 24.8 Å². The SMILES string of the molecule is CCCCCCCCCCCCCCCCCCOc1cn(Cc2ccccc2)c(CNCCCCN)cc1=O. The van der Waals surface area contributed by atoms with Crippen molar-refractivity contribution in [3.05, 3.63) is 64.1 Å². The molecule has 2 aromatic rings. The number of pyridine rings is 1. The van der Waals surface area contributed by atoms with E-state index in [1.54, 1.807) is 6.07 Å². The van der Waals surface area contributed by atoms with Crippen molar-refractivity contribution in [1.82, 2.24) is 9.88 Å². The van der Waals surface area contributed by atoms with Crippen molar-refractivity contribution in [2.24, 2.45) is 5.73 Å². The fourth-order valence-corrected chi connectivity index (χ4v) is 5.22. The summed E-state index contributed by atoms with van der Waals surface area (Å²) in [5.41, 5.74) is 7.76. The summed E-state index contributed by atoms with van der Waals surface area (Å²) in [6.45, 7) is 5.88. The van der Waals surface area contributed by atoms with Crippen molar-refractivity contribution >= 4 is 0 Å². The molecule has 0 bridgehead atoms. The summed E-state index contributed by atoms with van der Waals surface area (Å²) in [4.78, 5) is 12.8. The minimum absolute atomic E-state index is 0.0282. The molecule has 0 aliphatic rings. The number of aromatic nitrogens is 1. The maximum atomic E-state index is 12.8. The largest absolute Gasteiger partial charge is 0.488 e. The highest BCUT2D eigenvalue weighted by Crippen LogP contribution is 2.15. The third-order valence-corrected chi connectivity index (χ3v) is 7.75. The van der Waals surface area contributed by atoms with E-state index in [0.29, 0.717) is 25.4 Å². The molecule has 226 valence electrons. The molecular weight excluding hydrogens is 494 g/mol. The first kappa shape index (κ1) is 34.1. The highest BCUT2D eigenvalue weighted by atomic mass is 16.5. The van der Waals surface area contributed by atoms with Crippen molar-refractivity contribution in [2.45, 2.75) is 136 Å². The molecule has 3 N–H and O–H groups in total. The molecule has 0 aliphatic heterocycles. The van der Waals surface area contributed by atoms with Crippen LogP contribution in [0.25, 0.3) is 0 Å². The van der Waals surface area contributed by atoms with E-state index in [1.165, 1.54) is 102 Å². The first-order chi connectivity index (χ1) is 19.7. The van der Waals surface area contributed by atoms with E-state index in [9.17, 15) is 4.79 Å². The summed E-state index contributed by atoms with van der Waals surface area (Å²) in [6.07, 6.45) is 25.6. The van der Waals surface area contributed by atoms with E-state index < -0.39 is 0 Å². The van der Waals surface area contributed by atoms with Gasteiger partial charge in [0.2, 0.25) is 5.43 Å². The molecule has 0 saturated heterocycles. The Labute approximate surface area is 245 Å². The summed E-state index contributed by atoms with van der Waals surface area (Å²) in [5, 5.41) is 3.46. The summed E-state index contributed by atoms with van der Waals surface area (Å²) < 4.78 is 8.13. The molecule has 0 fully saturated rings. The fourth-order valence-electron chi connectivity index (χ4n) is 5.22. The average Bonchev–Trinajstić information content (AvgIpc) is 2.97. The predicted octanol–water partition coefficient (Wildman–Crippen LogP) is 8.37. The highest BCUT2D eigenvalue weighted by Gasteiger charge is 2.09. The number of unbranched alkanes of at least 4 members (excludes halogenated alkanes) is 16. The Hall–Kier alpha value is -2.11. The topological polar surface area (TPSA) is 69.3 Å². The van der Waals surface area contributed by atoms with Crippen LogP contribution in [0.5, 0.6) is 5.75 Å². The lowest BCUT2D eigenvalue weighted by molar-refractivity contribution is 0.298. The second kappa shape index (κ2) is 23.6. The Morgan fingerprint density at radius 3 is 1.90 bits per heavy atom. The van der Waals surface area contributed by atoms with Crippen LogP contribution in [0, 0.1) is 0 Å². The third kappa shape index (κ3) is 16.2. The standard InChI is InChI=1S/C35H59N3O2/c1-2-3-4-5-6-7-8-9-10-11-12-13-14-15-16-22-27-40-35-31-38(30-32-23-18-17-19-24-32)33(28-34(35)39)29-37-26-21-20-25-36/h17-19,23-24,28,31,37H,2-16,20-22,25-27,29-30,36H2,1H3. The van der Waals surface area contributed by atoms with Gasteiger partial charge in [-0.2, -0.15) is 0 Å². The molecule has 1 aromatic carbocycles. The van der Waals surface area contributed by atoms with Gasteiger partial charge in [0.25, 0.3) is 0 Å². The molecule has 0 atom stereocenters. The molecule has 0 aliphatic carbocycles. The van der Waals surface area contributed by atoms with Gasteiger partial charge in [0.05, 0.1) is 12.8 Å². The van der Waals surface area contributed by atoms with Crippen LogP contribution >= 0.6 is 0 Å². The second-order valence-electron chi connectivity index (χ2n) is 11.4. The van der Waals surface area contributed by atoms with Crippen molar-refractivity contribution in [3.63, 3.8) is 0 Å². The van der Waals surface area contributed by atoms with Crippen LogP contribution < -0.4 is 21.2 Å². The Bertz CT molecular complexity index is 913. The fraction of sp³-hybridized carbons (Fsp3) is 0.686. The number of rotatable bonds is 26. The molecule has 2 rings (SSSR count). The Kier molecular flexibility index (Phi) is 20.1. The summed E-state index contributed by atoms with van der Waals surface area (Å²) in [6, 6.07) is 12.1. The van der Waals surface area contributed by atoms with Crippen LogP contribution in [0.1, 0.15) is 134 Å². The van der Waals surface area contributed by atoms with E-state index in [1.807, 2.05) is 12.3 Å². The molecule has 0 amide bonds. The van der Waals surface area contributed by atoms with E-state index >= 15 is 0 Å². The lowest BCUT2D eigenvalue weighted by atomic mass is 10.0. The number of benzene rings is 1. The maximum Gasteiger partial charge on any atom is 0.223 e. The molecule has 5 heteroatoms. The van der Waals surface area contributed by atoms with Gasteiger partial charge in [-0.15, -0.1) is 0 Å². The molecule has 0 radical (unpaired) electrons. The van der Waals surface area contributed by atoms with Crippen LogP contribution in [0.3, 0.4) is 0 Å². The monoisotopic (exact) mass is 553 g/mol. The van der Waals surface area contributed by atoms with Gasteiger partial charge in [-0.05, 0) is 37.9 Å². The van der Waals surface area contributed by atoms with Crippen molar-refractivity contribution < 1.29 is 4.74 Å². The summed E-state index contributed by atoms with van der Waals surface area (Å²) in [7, 11) is 0. The van der Waals surface area contributed by atoms with Crippen LogP contribution in [-0.4, -0.2) is 24.3 Å². The van der Waals surface area contributed by atoms with Gasteiger partial charge < -0.3 is 20.4 Å². The second-order valence-corrected chi connectivity index (χ2v) is 11.4. The van der Waals surface area contributed by atoms with E-state index in [-0.39, 0.29) is 5.43 Å². The van der Waals surface area contributed by atoms with Gasteiger partial charge in [-0.25, -0.2) is 0 Å². The molecular formula is C35H59N3O2. The summed E-state index contributed by atoms with van der Waals surface area (Å²) >= 11 is 0. The van der Waals surface area contributed by atoms with Gasteiger partial charge >= 0.3 is 0 Å². The molecule has 0 saturated carbocycles. The Balaban J connectivity index is 1.62. The molecule has 1 aromatic heterocycles. The van der Waals surface area contributed by atoms with Crippen molar-refractivity contribution in [3.8, 4) is 5.75 Å². The van der Waals surface area contributed by atoms with Crippen LogP contribution in [0.4, 0.5) is 0 Å². The number of ether oxygens (including phenoxy) is 1. The van der Waals surface area contributed by atoms with Gasteiger partial charge in [-0.1, -0.05) is 134 Å². The van der Waals surface area contributed by atoms with Crippen LogP contribution in [0.2, 0.25) is 0 Å². The quantitative estimate of drug-likeness (QED) is 0.115. The maximum absolute atomic E-state index is 12.8. The highest BCUT2D eigenvalue weighted by molar-refractivity contribution is 5.24. The van der Waals surface area contributed by atoms with Crippen molar-refractivity contribution in [2.75, 3.05) is 19.7 Å². The van der Waals surface area contributed by atoms with E-state index in [4.69, 9.17) is 10.5 Å². The number of hydrogen-bond acceptors (Lipinski definition) is 4. The molecule has 5 nitrogen and oxygen atoms in total. The number of nitrogens with one attached hydrogen (secondary N) is 1. The van der Waals surface area contributed by atoms with Crippen molar-refractivity contribution in [1.29, 1.82) is 0 Å². The lowest BCUT2D eigenvalue weighted by Crippen LogP contribution is -2.23. The minimum atomic E-state index is -0.0282. The minimum Gasteiger partial charge on any atom is -0.488 e. The average molecular weight is 554 g/mol. The molecule has 0 unspecified atom stereocenters. The van der Waals surface area contributed by atoms with E-state index in [2.05, 4.69) is 41.1 Å². The zero-order valence-electron chi connectivity index (χ0n) is 25.6. The Morgan fingerprint density at radius 1 is 0.750 bits per heavy atom. The summed E-state index contributed by atoms with van der Waals surface area (Å²) in [5.74, 6) is 0.462. The van der Waals surface area contributed by atoms with E-state index in [0.717, 1.165) is 38.0 Å². The Morgan fingerprint density at radius 2 is 1.32 bits per heavy atom. The molecule has 1 heterocycles. The zero-order valence-corrected chi connectivity index (χ0v) is 25.6. The molecule has 0 spiro atoms.